The van der Waals surface area contributed by atoms with Gasteiger partial charge in [-0.25, -0.2) is 0 Å². The molecular formula is C13H15BrN2O2S. The summed E-state index contributed by atoms with van der Waals surface area (Å²) in [5, 5.41) is 0. The van der Waals surface area contributed by atoms with Gasteiger partial charge in [0.05, 0.1) is 13.2 Å². The molecule has 1 atom stereocenters. The fourth-order valence-electron chi connectivity index (χ4n) is 2.04. The van der Waals surface area contributed by atoms with Gasteiger partial charge in [0.25, 0.3) is 5.91 Å². The molecule has 102 valence electrons. The summed E-state index contributed by atoms with van der Waals surface area (Å²) in [7, 11) is 0. The fraction of sp³-hybridized carbons (Fsp3) is 0.385. The Balaban J connectivity index is 2.17. The van der Waals surface area contributed by atoms with Crippen molar-refractivity contribution < 1.29 is 9.53 Å². The largest absolute Gasteiger partial charge is 0.391 e. The lowest BCUT2D eigenvalue weighted by Crippen LogP contribution is -2.50. The Labute approximate surface area is 126 Å². The maximum Gasteiger partial charge on any atom is 0.254 e. The Kier molecular flexibility index (Phi) is 4.54. The Morgan fingerprint density at radius 3 is 2.95 bits per heavy atom. The lowest BCUT2D eigenvalue weighted by molar-refractivity contribution is 0.00875. The molecule has 1 aliphatic rings. The number of hydrogen-bond acceptors (Lipinski definition) is 3. The van der Waals surface area contributed by atoms with Crippen LogP contribution in [0.5, 0.6) is 0 Å². The molecule has 0 saturated carbocycles. The minimum atomic E-state index is -0.344. The number of ether oxygens (including phenoxy) is 1. The molecule has 4 nitrogen and oxygen atoms in total. The minimum absolute atomic E-state index is 0.00505. The Morgan fingerprint density at radius 2 is 2.32 bits per heavy atom. The summed E-state index contributed by atoms with van der Waals surface area (Å²) in [6.07, 6.45) is -0.344. The summed E-state index contributed by atoms with van der Waals surface area (Å²) in [6.45, 7) is 3.37. The van der Waals surface area contributed by atoms with Gasteiger partial charge < -0.3 is 15.4 Å². The zero-order valence-electron chi connectivity index (χ0n) is 10.6. The van der Waals surface area contributed by atoms with Crippen molar-refractivity contribution in [1.82, 2.24) is 4.90 Å². The van der Waals surface area contributed by atoms with Gasteiger partial charge in [-0.3, -0.25) is 4.79 Å². The van der Waals surface area contributed by atoms with Gasteiger partial charge in [0.2, 0.25) is 0 Å². The van der Waals surface area contributed by atoms with Crippen molar-refractivity contribution in [3.63, 3.8) is 0 Å². The predicted molar refractivity (Wildman–Crippen MR) is 81.3 cm³/mol. The number of carbonyl (C=O) groups is 1. The van der Waals surface area contributed by atoms with Crippen molar-refractivity contribution >= 4 is 39.0 Å². The number of benzene rings is 1. The second kappa shape index (κ2) is 5.98. The van der Waals surface area contributed by atoms with Gasteiger partial charge in [-0.2, -0.15) is 0 Å². The van der Waals surface area contributed by atoms with E-state index in [1.807, 2.05) is 25.1 Å². The Morgan fingerprint density at radius 1 is 1.58 bits per heavy atom. The Bertz CT molecular complexity index is 521. The molecule has 1 heterocycles. The lowest BCUT2D eigenvalue weighted by atomic mass is 10.1. The van der Waals surface area contributed by atoms with E-state index < -0.39 is 0 Å². The average Bonchev–Trinajstić information content (AvgIpc) is 2.38. The molecule has 0 aliphatic carbocycles. The molecule has 1 aromatic carbocycles. The van der Waals surface area contributed by atoms with Gasteiger partial charge >= 0.3 is 0 Å². The topological polar surface area (TPSA) is 55.6 Å². The molecule has 1 amide bonds. The van der Waals surface area contributed by atoms with Crippen LogP contribution in [-0.2, 0) is 4.74 Å². The molecule has 19 heavy (non-hydrogen) atoms. The van der Waals surface area contributed by atoms with Crippen LogP contribution in [-0.4, -0.2) is 41.6 Å². The van der Waals surface area contributed by atoms with Gasteiger partial charge in [-0.15, -0.1) is 0 Å². The van der Waals surface area contributed by atoms with Crippen LogP contribution in [0.25, 0.3) is 0 Å². The number of nitrogens with zero attached hydrogens (tertiary/aromatic N) is 1. The number of rotatable bonds is 2. The van der Waals surface area contributed by atoms with Crippen molar-refractivity contribution in [2.45, 2.75) is 13.0 Å². The molecule has 1 aliphatic heterocycles. The van der Waals surface area contributed by atoms with E-state index in [-0.39, 0.29) is 12.0 Å². The van der Waals surface area contributed by atoms with Crippen molar-refractivity contribution in [3.8, 4) is 0 Å². The van der Waals surface area contributed by atoms with E-state index >= 15 is 0 Å². The molecule has 2 rings (SSSR count). The quantitative estimate of drug-likeness (QED) is 0.834. The van der Waals surface area contributed by atoms with Gasteiger partial charge in [-0.1, -0.05) is 28.1 Å². The van der Waals surface area contributed by atoms with Crippen LogP contribution in [0, 0.1) is 6.92 Å². The van der Waals surface area contributed by atoms with Gasteiger partial charge in [0.15, 0.2) is 0 Å². The highest BCUT2D eigenvalue weighted by Gasteiger charge is 2.27. The van der Waals surface area contributed by atoms with Crippen LogP contribution in [0.15, 0.2) is 22.7 Å². The van der Waals surface area contributed by atoms with Gasteiger partial charge in [0.1, 0.15) is 11.1 Å². The number of aryl methyl sites for hydroxylation is 1. The van der Waals surface area contributed by atoms with Crippen LogP contribution in [0.2, 0.25) is 0 Å². The second-order valence-corrected chi connectivity index (χ2v) is 5.86. The number of amides is 1. The molecule has 1 saturated heterocycles. The first-order valence-corrected chi connectivity index (χ1v) is 7.15. The lowest BCUT2D eigenvalue weighted by Gasteiger charge is -2.32. The van der Waals surface area contributed by atoms with E-state index in [0.717, 1.165) is 10.0 Å². The summed E-state index contributed by atoms with van der Waals surface area (Å²) in [5.74, 6) is -0.00505. The number of nitrogens with two attached hydrogens (primary N) is 1. The van der Waals surface area contributed by atoms with Gasteiger partial charge in [-0.05, 0) is 30.7 Å². The normalized spacial score (nSPS) is 19.3. The standard InChI is InChI=1S/C13H15BrN2O2S/c1-8-6-9(14)2-3-10(8)13(17)16-4-5-18-11(7-16)12(15)19/h2-3,6,11H,4-5,7H2,1H3,(H2,15,19). The highest BCUT2D eigenvalue weighted by molar-refractivity contribution is 9.10. The number of hydrogen-bond donors (Lipinski definition) is 1. The smallest absolute Gasteiger partial charge is 0.254 e. The summed E-state index contributed by atoms with van der Waals surface area (Å²) < 4.78 is 6.40. The maximum absolute atomic E-state index is 12.5. The molecule has 1 unspecified atom stereocenters. The van der Waals surface area contributed by atoms with Crippen LogP contribution >= 0.6 is 28.1 Å². The van der Waals surface area contributed by atoms with Gasteiger partial charge in [0, 0.05) is 16.6 Å². The third kappa shape index (κ3) is 3.32. The molecule has 1 fully saturated rings. The van der Waals surface area contributed by atoms with Crippen LogP contribution in [0.4, 0.5) is 0 Å². The number of carbonyl (C=O) groups excluding carboxylic acids is 1. The highest BCUT2D eigenvalue weighted by Crippen LogP contribution is 2.18. The molecule has 0 bridgehead atoms. The summed E-state index contributed by atoms with van der Waals surface area (Å²) in [6, 6.07) is 5.62. The number of thiocarbonyl (C=S) groups is 1. The van der Waals surface area contributed by atoms with Crippen LogP contribution < -0.4 is 5.73 Å². The Hall–Kier alpha value is -0.980. The maximum atomic E-state index is 12.5. The summed E-state index contributed by atoms with van der Waals surface area (Å²) in [5.41, 5.74) is 7.22. The first kappa shape index (κ1) is 14.4. The van der Waals surface area contributed by atoms with Crippen LogP contribution in [0.3, 0.4) is 0 Å². The molecule has 6 heteroatoms. The second-order valence-electron chi connectivity index (χ2n) is 4.47. The van der Waals surface area contributed by atoms with Crippen molar-refractivity contribution in [1.29, 1.82) is 0 Å². The molecule has 0 radical (unpaired) electrons. The third-order valence-electron chi connectivity index (χ3n) is 3.09. The molecule has 2 N–H and O–H groups in total. The summed E-state index contributed by atoms with van der Waals surface area (Å²) >= 11 is 8.31. The van der Waals surface area contributed by atoms with E-state index in [4.69, 9.17) is 22.7 Å². The fourth-order valence-corrected chi connectivity index (χ4v) is 2.66. The van der Waals surface area contributed by atoms with Crippen molar-refractivity contribution in [3.05, 3.63) is 33.8 Å². The first-order chi connectivity index (χ1) is 8.99. The minimum Gasteiger partial charge on any atom is -0.391 e. The van der Waals surface area contributed by atoms with E-state index in [1.54, 1.807) is 4.90 Å². The van der Waals surface area contributed by atoms with E-state index in [9.17, 15) is 4.79 Å². The first-order valence-electron chi connectivity index (χ1n) is 5.95. The van der Waals surface area contributed by atoms with E-state index in [1.165, 1.54) is 0 Å². The SMILES string of the molecule is Cc1cc(Br)ccc1C(=O)N1CCOC(C(N)=S)C1. The zero-order chi connectivity index (χ0) is 14.0. The molecule has 0 aromatic heterocycles. The van der Waals surface area contributed by atoms with Crippen LogP contribution in [0.1, 0.15) is 15.9 Å². The monoisotopic (exact) mass is 342 g/mol. The summed E-state index contributed by atoms with van der Waals surface area (Å²) in [4.78, 5) is 14.5. The van der Waals surface area contributed by atoms with Crippen molar-refractivity contribution in [2.24, 2.45) is 5.73 Å². The average molecular weight is 343 g/mol. The van der Waals surface area contributed by atoms with Crippen molar-refractivity contribution in [2.75, 3.05) is 19.7 Å². The molecule has 1 aromatic rings. The molecule has 0 spiro atoms. The third-order valence-corrected chi connectivity index (χ3v) is 3.85. The molecular weight excluding hydrogens is 328 g/mol. The van der Waals surface area contributed by atoms with E-state index in [0.29, 0.717) is 30.2 Å². The number of halogens is 1. The predicted octanol–water partition coefficient (Wildman–Crippen LogP) is 1.88. The zero-order valence-corrected chi connectivity index (χ0v) is 13.0. The number of morpholine rings is 1. The van der Waals surface area contributed by atoms with E-state index in [2.05, 4.69) is 15.9 Å². The highest BCUT2D eigenvalue weighted by atomic mass is 79.9.